The van der Waals surface area contributed by atoms with E-state index < -0.39 is 0 Å². The first kappa shape index (κ1) is 13.1. The molecule has 2 aromatic rings. The smallest absolute Gasteiger partial charge is 0.253 e. The molecule has 1 aromatic heterocycles. The molecule has 3 N–H and O–H groups in total. The number of aryl methyl sites for hydroxylation is 2. The molecule has 98 valence electrons. The van der Waals surface area contributed by atoms with Gasteiger partial charge >= 0.3 is 0 Å². The van der Waals surface area contributed by atoms with E-state index in [1.807, 2.05) is 26.0 Å². The molecule has 1 heterocycles. The third kappa shape index (κ3) is 3.10. The Bertz CT molecular complexity index is 608. The number of carbonyl (C=O) groups is 1. The van der Waals surface area contributed by atoms with Crippen molar-refractivity contribution in [3.8, 4) is 0 Å². The summed E-state index contributed by atoms with van der Waals surface area (Å²) in [6.45, 7) is 4.37. The molecular weight excluding hydrogens is 238 g/mol. The van der Waals surface area contributed by atoms with Crippen molar-refractivity contribution in [2.45, 2.75) is 20.4 Å². The number of pyridine rings is 1. The molecule has 0 aliphatic carbocycles. The zero-order valence-electron chi connectivity index (χ0n) is 11.1. The molecule has 4 heteroatoms. The summed E-state index contributed by atoms with van der Waals surface area (Å²) in [6, 6.07) is 7.33. The van der Waals surface area contributed by atoms with Crippen LogP contribution in [0, 0.1) is 13.8 Å². The maximum atomic E-state index is 12.1. The van der Waals surface area contributed by atoms with Crippen molar-refractivity contribution in [3.05, 3.63) is 58.9 Å². The van der Waals surface area contributed by atoms with Crippen LogP contribution in [0.1, 0.15) is 27.0 Å². The van der Waals surface area contributed by atoms with Gasteiger partial charge in [-0.15, -0.1) is 0 Å². The molecule has 0 saturated heterocycles. The van der Waals surface area contributed by atoms with E-state index in [0.29, 0.717) is 17.8 Å². The molecule has 19 heavy (non-hydrogen) atoms. The number of amides is 1. The summed E-state index contributed by atoms with van der Waals surface area (Å²) in [6.07, 6.45) is 3.50. The third-order valence-corrected chi connectivity index (χ3v) is 3.03. The van der Waals surface area contributed by atoms with Crippen molar-refractivity contribution < 1.29 is 4.79 Å². The Morgan fingerprint density at radius 3 is 2.84 bits per heavy atom. The highest BCUT2D eigenvalue weighted by molar-refractivity contribution is 5.99. The van der Waals surface area contributed by atoms with Gasteiger partial charge in [0.15, 0.2) is 0 Å². The lowest BCUT2D eigenvalue weighted by Gasteiger charge is -2.09. The molecule has 0 atom stereocenters. The number of nitrogens with two attached hydrogens (primary N) is 1. The Morgan fingerprint density at radius 2 is 2.11 bits per heavy atom. The van der Waals surface area contributed by atoms with E-state index in [4.69, 9.17) is 5.73 Å². The number of nitrogen functional groups attached to an aromatic ring is 1. The van der Waals surface area contributed by atoms with Crippen LogP contribution >= 0.6 is 0 Å². The molecule has 0 spiro atoms. The normalized spacial score (nSPS) is 10.2. The van der Waals surface area contributed by atoms with Gasteiger partial charge in [0.2, 0.25) is 0 Å². The summed E-state index contributed by atoms with van der Waals surface area (Å²) in [7, 11) is 0. The van der Waals surface area contributed by atoms with E-state index in [-0.39, 0.29) is 5.91 Å². The topological polar surface area (TPSA) is 68.0 Å². The fraction of sp³-hybridized carbons (Fsp3) is 0.200. The Kier molecular flexibility index (Phi) is 3.80. The van der Waals surface area contributed by atoms with E-state index in [2.05, 4.69) is 10.3 Å². The first-order valence-corrected chi connectivity index (χ1v) is 6.12. The highest BCUT2D eigenvalue weighted by Crippen LogP contribution is 2.14. The molecule has 0 unspecified atom stereocenters. The van der Waals surface area contributed by atoms with Gasteiger partial charge in [-0.3, -0.25) is 9.78 Å². The largest absolute Gasteiger partial charge is 0.398 e. The van der Waals surface area contributed by atoms with Crippen molar-refractivity contribution in [1.82, 2.24) is 10.3 Å². The van der Waals surface area contributed by atoms with Crippen LogP contribution in [-0.2, 0) is 6.54 Å². The molecule has 0 aliphatic rings. The molecule has 0 radical (unpaired) electrons. The van der Waals surface area contributed by atoms with E-state index in [1.165, 1.54) is 0 Å². The first-order chi connectivity index (χ1) is 9.08. The summed E-state index contributed by atoms with van der Waals surface area (Å²) < 4.78 is 0. The fourth-order valence-electron chi connectivity index (χ4n) is 1.84. The van der Waals surface area contributed by atoms with E-state index in [9.17, 15) is 4.79 Å². The van der Waals surface area contributed by atoms with Crippen LogP contribution in [0.15, 0.2) is 36.7 Å². The number of hydrogen-bond acceptors (Lipinski definition) is 3. The maximum absolute atomic E-state index is 12.1. The Labute approximate surface area is 112 Å². The monoisotopic (exact) mass is 255 g/mol. The molecular formula is C15H17N3O. The summed E-state index contributed by atoms with van der Waals surface area (Å²) in [4.78, 5) is 16.1. The van der Waals surface area contributed by atoms with Crippen LogP contribution in [-0.4, -0.2) is 10.9 Å². The van der Waals surface area contributed by atoms with Crippen LogP contribution in [0.5, 0.6) is 0 Å². The second kappa shape index (κ2) is 5.52. The number of rotatable bonds is 3. The van der Waals surface area contributed by atoms with E-state index >= 15 is 0 Å². The third-order valence-electron chi connectivity index (χ3n) is 3.03. The number of anilines is 1. The lowest BCUT2D eigenvalue weighted by Crippen LogP contribution is -2.24. The predicted octanol–water partition coefficient (Wildman–Crippen LogP) is 2.21. The molecule has 0 bridgehead atoms. The maximum Gasteiger partial charge on any atom is 0.253 e. The zero-order chi connectivity index (χ0) is 13.8. The first-order valence-electron chi connectivity index (χ1n) is 6.12. The standard InChI is InChI=1S/C15H17N3O/c1-10-3-4-14(16)13(7-10)15(19)18-9-12-5-6-17-8-11(12)2/h3-8H,9,16H2,1-2H3,(H,18,19). The molecule has 0 saturated carbocycles. The summed E-state index contributed by atoms with van der Waals surface area (Å²) in [5.74, 6) is -0.155. The molecule has 1 amide bonds. The number of nitrogens with one attached hydrogen (secondary N) is 1. The van der Waals surface area contributed by atoms with Crippen LogP contribution in [0.3, 0.4) is 0 Å². The van der Waals surface area contributed by atoms with Crippen LogP contribution in [0.2, 0.25) is 0 Å². The van der Waals surface area contributed by atoms with Gasteiger partial charge < -0.3 is 11.1 Å². The highest BCUT2D eigenvalue weighted by atomic mass is 16.1. The Morgan fingerprint density at radius 1 is 1.32 bits per heavy atom. The van der Waals surface area contributed by atoms with Crippen LogP contribution in [0.4, 0.5) is 5.69 Å². The predicted molar refractivity (Wildman–Crippen MR) is 75.7 cm³/mol. The number of nitrogens with zero attached hydrogens (tertiary/aromatic N) is 1. The lowest BCUT2D eigenvalue weighted by molar-refractivity contribution is 0.0951. The average Bonchev–Trinajstić information content (AvgIpc) is 2.40. The van der Waals surface area contributed by atoms with Gasteiger partial charge in [0.1, 0.15) is 0 Å². The number of benzene rings is 1. The van der Waals surface area contributed by atoms with Crippen molar-refractivity contribution >= 4 is 11.6 Å². The second-order valence-corrected chi connectivity index (χ2v) is 4.58. The fourth-order valence-corrected chi connectivity index (χ4v) is 1.84. The number of carbonyl (C=O) groups excluding carboxylic acids is 1. The Hall–Kier alpha value is -2.36. The van der Waals surface area contributed by atoms with Gasteiger partial charge in [-0.05, 0) is 43.2 Å². The van der Waals surface area contributed by atoms with Crippen LogP contribution in [0.25, 0.3) is 0 Å². The molecule has 1 aromatic carbocycles. The van der Waals surface area contributed by atoms with E-state index in [0.717, 1.165) is 16.7 Å². The van der Waals surface area contributed by atoms with Crippen LogP contribution < -0.4 is 11.1 Å². The SMILES string of the molecule is Cc1ccc(N)c(C(=O)NCc2ccncc2C)c1. The quantitative estimate of drug-likeness (QED) is 0.826. The van der Waals surface area contributed by atoms with Gasteiger partial charge in [-0.1, -0.05) is 11.6 Å². The van der Waals surface area contributed by atoms with Crippen molar-refractivity contribution in [2.75, 3.05) is 5.73 Å². The van der Waals surface area contributed by atoms with Crippen molar-refractivity contribution in [1.29, 1.82) is 0 Å². The number of hydrogen-bond donors (Lipinski definition) is 2. The van der Waals surface area contributed by atoms with E-state index in [1.54, 1.807) is 24.5 Å². The molecule has 0 fully saturated rings. The van der Waals surface area contributed by atoms with Crippen molar-refractivity contribution in [2.24, 2.45) is 0 Å². The highest BCUT2D eigenvalue weighted by Gasteiger charge is 2.09. The van der Waals surface area contributed by atoms with Crippen molar-refractivity contribution in [3.63, 3.8) is 0 Å². The van der Waals surface area contributed by atoms with Gasteiger partial charge in [0, 0.05) is 24.6 Å². The zero-order valence-corrected chi connectivity index (χ0v) is 11.1. The summed E-state index contributed by atoms with van der Waals surface area (Å²) in [5.41, 5.74) is 9.95. The van der Waals surface area contributed by atoms with Gasteiger partial charge in [0.05, 0.1) is 5.56 Å². The number of aromatic nitrogens is 1. The average molecular weight is 255 g/mol. The minimum Gasteiger partial charge on any atom is -0.398 e. The summed E-state index contributed by atoms with van der Waals surface area (Å²) in [5, 5.41) is 2.88. The summed E-state index contributed by atoms with van der Waals surface area (Å²) >= 11 is 0. The van der Waals surface area contributed by atoms with Gasteiger partial charge in [-0.2, -0.15) is 0 Å². The molecule has 2 rings (SSSR count). The van der Waals surface area contributed by atoms with Gasteiger partial charge in [0.25, 0.3) is 5.91 Å². The van der Waals surface area contributed by atoms with Gasteiger partial charge in [-0.25, -0.2) is 0 Å². The minimum atomic E-state index is -0.155. The molecule has 0 aliphatic heterocycles. The molecule has 4 nitrogen and oxygen atoms in total. The minimum absolute atomic E-state index is 0.155. The lowest BCUT2D eigenvalue weighted by atomic mass is 10.1. The second-order valence-electron chi connectivity index (χ2n) is 4.58. The Balaban J connectivity index is 2.10.